The minimum atomic E-state index is -0.423. The summed E-state index contributed by atoms with van der Waals surface area (Å²) >= 11 is 1.80. The fourth-order valence-corrected chi connectivity index (χ4v) is 1.67. The van der Waals surface area contributed by atoms with Crippen LogP contribution in [0.15, 0.2) is 0 Å². The number of ether oxygens (including phenoxy) is 1. The van der Waals surface area contributed by atoms with E-state index in [4.69, 9.17) is 4.74 Å². The molecule has 92 valence electrons. The summed E-state index contributed by atoms with van der Waals surface area (Å²) in [7, 11) is 0. The van der Waals surface area contributed by atoms with Crippen molar-refractivity contribution < 1.29 is 9.84 Å². The summed E-state index contributed by atoms with van der Waals surface area (Å²) in [5.41, 5.74) is -0.175. The molecule has 0 aromatic rings. The van der Waals surface area contributed by atoms with Crippen LogP contribution in [0.3, 0.4) is 0 Å². The fraction of sp³-hybridized carbons (Fsp3) is 1.00. The van der Waals surface area contributed by atoms with E-state index in [9.17, 15) is 5.11 Å². The molecule has 15 heavy (non-hydrogen) atoms. The second kappa shape index (κ2) is 7.49. The highest BCUT2D eigenvalue weighted by molar-refractivity contribution is 7.98. The predicted molar refractivity (Wildman–Crippen MR) is 67.6 cm³/mol. The number of rotatable bonds is 7. The molecule has 4 heteroatoms. The van der Waals surface area contributed by atoms with Crippen molar-refractivity contribution in [2.75, 3.05) is 25.2 Å². The van der Waals surface area contributed by atoms with Crippen molar-refractivity contribution in [1.29, 1.82) is 0 Å². The van der Waals surface area contributed by atoms with Gasteiger partial charge in [-0.3, -0.25) is 0 Å². The maximum Gasteiger partial charge on any atom is 0.0898 e. The standard InChI is InChI=1S/C11H25NO2S/c1-9(8-15-5)12-6-10(13)7-14-11(2,3)4/h9-10,12-13H,6-8H2,1-5H3. The molecule has 0 heterocycles. The molecule has 0 aromatic carbocycles. The zero-order valence-corrected chi connectivity index (χ0v) is 11.4. The fourth-order valence-electron chi connectivity index (χ4n) is 1.05. The smallest absolute Gasteiger partial charge is 0.0898 e. The van der Waals surface area contributed by atoms with Gasteiger partial charge in [0.2, 0.25) is 0 Å². The Morgan fingerprint density at radius 2 is 2.00 bits per heavy atom. The van der Waals surface area contributed by atoms with Crippen LogP contribution in [0.5, 0.6) is 0 Å². The van der Waals surface area contributed by atoms with Crippen LogP contribution >= 0.6 is 11.8 Å². The summed E-state index contributed by atoms with van der Waals surface area (Å²) in [6.07, 6.45) is 1.66. The highest BCUT2D eigenvalue weighted by atomic mass is 32.2. The largest absolute Gasteiger partial charge is 0.389 e. The molecule has 3 nitrogen and oxygen atoms in total. The van der Waals surface area contributed by atoms with Gasteiger partial charge in [-0.25, -0.2) is 0 Å². The second-order valence-electron chi connectivity index (χ2n) is 4.84. The van der Waals surface area contributed by atoms with E-state index < -0.39 is 6.10 Å². The van der Waals surface area contributed by atoms with E-state index >= 15 is 0 Å². The average molecular weight is 235 g/mol. The Hall–Kier alpha value is 0.230. The third-order valence-corrected chi connectivity index (χ3v) is 2.66. The summed E-state index contributed by atoms with van der Waals surface area (Å²) < 4.78 is 5.49. The third kappa shape index (κ3) is 10.5. The lowest BCUT2D eigenvalue weighted by Gasteiger charge is -2.23. The summed E-state index contributed by atoms with van der Waals surface area (Å²) in [6, 6.07) is 0.435. The van der Waals surface area contributed by atoms with Crippen LogP contribution in [0.4, 0.5) is 0 Å². The summed E-state index contributed by atoms with van der Waals surface area (Å²) in [5, 5.41) is 12.9. The molecule has 2 N–H and O–H groups in total. The Morgan fingerprint density at radius 1 is 1.40 bits per heavy atom. The molecule has 0 radical (unpaired) electrons. The molecule has 0 amide bonds. The SMILES string of the molecule is CSCC(C)NCC(O)COC(C)(C)C. The first-order valence-electron chi connectivity index (χ1n) is 5.39. The summed E-state index contributed by atoms with van der Waals surface area (Å²) in [4.78, 5) is 0. The maximum atomic E-state index is 9.64. The Bertz CT molecular complexity index is 159. The highest BCUT2D eigenvalue weighted by Crippen LogP contribution is 2.06. The number of hydrogen-bond donors (Lipinski definition) is 2. The molecule has 0 spiro atoms. The lowest BCUT2D eigenvalue weighted by Crippen LogP contribution is -2.38. The van der Waals surface area contributed by atoms with Gasteiger partial charge in [0, 0.05) is 18.3 Å². The van der Waals surface area contributed by atoms with Gasteiger partial charge in [-0.15, -0.1) is 0 Å². The first-order chi connectivity index (χ1) is 6.85. The van der Waals surface area contributed by atoms with Crippen LogP contribution < -0.4 is 5.32 Å². The Morgan fingerprint density at radius 3 is 2.47 bits per heavy atom. The van der Waals surface area contributed by atoms with Crippen molar-refractivity contribution in [2.24, 2.45) is 0 Å². The van der Waals surface area contributed by atoms with Gasteiger partial charge in [-0.2, -0.15) is 11.8 Å². The monoisotopic (exact) mass is 235 g/mol. The zero-order valence-electron chi connectivity index (χ0n) is 10.5. The van der Waals surface area contributed by atoms with Crippen LogP contribution in [-0.4, -0.2) is 48.0 Å². The molecule has 0 saturated carbocycles. The van der Waals surface area contributed by atoms with E-state index in [-0.39, 0.29) is 5.60 Å². The minimum Gasteiger partial charge on any atom is -0.389 e. The van der Waals surface area contributed by atoms with Crippen LogP contribution in [0.1, 0.15) is 27.7 Å². The zero-order chi connectivity index (χ0) is 11.9. The van der Waals surface area contributed by atoms with Gasteiger partial charge in [0.15, 0.2) is 0 Å². The molecule has 0 aromatic heterocycles. The van der Waals surface area contributed by atoms with Crippen molar-refractivity contribution in [3.63, 3.8) is 0 Å². The number of nitrogens with one attached hydrogen (secondary N) is 1. The third-order valence-electron chi connectivity index (χ3n) is 1.83. The molecule has 2 atom stereocenters. The van der Waals surface area contributed by atoms with Crippen molar-refractivity contribution in [3.05, 3.63) is 0 Å². The van der Waals surface area contributed by atoms with Gasteiger partial charge in [-0.05, 0) is 34.0 Å². The van der Waals surface area contributed by atoms with Crippen LogP contribution in [0, 0.1) is 0 Å². The van der Waals surface area contributed by atoms with E-state index in [1.165, 1.54) is 0 Å². The van der Waals surface area contributed by atoms with E-state index in [0.717, 1.165) is 5.75 Å². The van der Waals surface area contributed by atoms with Gasteiger partial charge in [0.1, 0.15) is 0 Å². The number of hydrogen-bond acceptors (Lipinski definition) is 4. The molecule has 0 bridgehead atoms. The second-order valence-corrected chi connectivity index (χ2v) is 5.75. The molecule has 0 rings (SSSR count). The molecule has 2 unspecified atom stereocenters. The predicted octanol–water partition coefficient (Wildman–Crippen LogP) is 1.50. The van der Waals surface area contributed by atoms with Crippen LogP contribution in [0.25, 0.3) is 0 Å². The topological polar surface area (TPSA) is 41.5 Å². The molecular weight excluding hydrogens is 210 g/mol. The Balaban J connectivity index is 3.53. The molecule has 0 saturated heterocycles. The first kappa shape index (κ1) is 15.2. The van der Waals surface area contributed by atoms with Gasteiger partial charge in [0.05, 0.1) is 18.3 Å². The maximum absolute atomic E-state index is 9.64. The van der Waals surface area contributed by atoms with Crippen molar-refractivity contribution in [2.45, 2.75) is 45.4 Å². The van der Waals surface area contributed by atoms with E-state index in [1.807, 2.05) is 20.8 Å². The van der Waals surface area contributed by atoms with Crippen molar-refractivity contribution >= 4 is 11.8 Å². The van der Waals surface area contributed by atoms with Gasteiger partial charge < -0.3 is 15.2 Å². The Labute approximate surface area is 98.0 Å². The number of aliphatic hydroxyl groups excluding tert-OH is 1. The van der Waals surface area contributed by atoms with Crippen LogP contribution in [-0.2, 0) is 4.74 Å². The highest BCUT2D eigenvalue weighted by Gasteiger charge is 2.13. The Kier molecular flexibility index (Phi) is 7.61. The van der Waals surface area contributed by atoms with Gasteiger partial charge in [0.25, 0.3) is 0 Å². The van der Waals surface area contributed by atoms with E-state index in [0.29, 0.717) is 19.2 Å². The van der Waals surface area contributed by atoms with Gasteiger partial charge >= 0.3 is 0 Å². The molecule has 0 fully saturated rings. The van der Waals surface area contributed by atoms with Gasteiger partial charge in [-0.1, -0.05) is 0 Å². The van der Waals surface area contributed by atoms with Crippen molar-refractivity contribution in [1.82, 2.24) is 5.32 Å². The van der Waals surface area contributed by atoms with Crippen LogP contribution in [0.2, 0.25) is 0 Å². The normalized spacial score (nSPS) is 16.4. The molecule has 0 aliphatic rings. The summed E-state index contributed by atoms with van der Waals surface area (Å²) in [6.45, 7) is 9.07. The molecule has 0 aliphatic heterocycles. The lowest BCUT2D eigenvalue weighted by atomic mass is 10.2. The van der Waals surface area contributed by atoms with Crippen molar-refractivity contribution in [3.8, 4) is 0 Å². The number of aliphatic hydroxyl groups is 1. The first-order valence-corrected chi connectivity index (χ1v) is 6.79. The molecular formula is C11H25NO2S. The average Bonchev–Trinajstić information content (AvgIpc) is 2.11. The van der Waals surface area contributed by atoms with E-state index in [2.05, 4.69) is 18.5 Å². The minimum absolute atomic E-state index is 0.175. The number of thioether (sulfide) groups is 1. The lowest BCUT2D eigenvalue weighted by molar-refractivity contribution is -0.0481. The summed E-state index contributed by atoms with van der Waals surface area (Å²) in [5.74, 6) is 1.06. The van der Waals surface area contributed by atoms with E-state index in [1.54, 1.807) is 11.8 Å². The quantitative estimate of drug-likeness (QED) is 0.702. The molecule has 0 aliphatic carbocycles.